The van der Waals surface area contributed by atoms with Gasteiger partial charge in [-0.25, -0.2) is 0 Å². The first-order valence-electron chi connectivity index (χ1n) is 6.28. The van der Waals surface area contributed by atoms with E-state index in [0.29, 0.717) is 5.41 Å². The maximum atomic E-state index is 6.22. The molecule has 0 aliphatic heterocycles. The minimum atomic E-state index is 0.387. The molecule has 1 heteroatoms. The van der Waals surface area contributed by atoms with Crippen molar-refractivity contribution in [1.29, 1.82) is 0 Å². The predicted molar refractivity (Wildman–Crippen MR) is 71.2 cm³/mol. The molecule has 0 heterocycles. The van der Waals surface area contributed by atoms with Gasteiger partial charge < -0.3 is 0 Å². The van der Waals surface area contributed by atoms with Crippen LogP contribution in [0.15, 0.2) is 18.2 Å². The lowest BCUT2D eigenvalue weighted by Crippen LogP contribution is -2.22. The first-order chi connectivity index (χ1) is 7.67. The fraction of sp³-hybridized carbons (Fsp3) is 0.600. The fourth-order valence-corrected chi connectivity index (χ4v) is 3.35. The Morgan fingerprint density at radius 1 is 1.12 bits per heavy atom. The predicted octanol–water partition coefficient (Wildman–Crippen LogP) is 4.65. The van der Waals surface area contributed by atoms with Gasteiger partial charge in [-0.3, -0.25) is 0 Å². The Morgan fingerprint density at radius 2 is 1.69 bits per heavy atom. The Morgan fingerprint density at radius 3 is 2.19 bits per heavy atom. The van der Waals surface area contributed by atoms with Crippen molar-refractivity contribution in [3.63, 3.8) is 0 Å². The number of benzene rings is 1. The summed E-state index contributed by atoms with van der Waals surface area (Å²) < 4.78 is 0. The van der Waals surface area contributed by atoms with Gasteiger partial charge in [0, 0.05) is 5.88 Å². The summed E-state index contributed by atoms with van der Waals surface area (Å²) in [6, 6.07) is 6.59. The molecule has 0 unspecified atom stereocenters. The van der Waals surface area contributed by atoms with E-state index in [-0.39, 0.29) is 0 Å². The van der Waals surface area contributed by atoms with E-state index in [9.17, 15) is 0 Å². The molecule has 16 heavy (non-hydrogen) atoms. The first-order valence-corrected chi connectivity index (χ1v) is 6.81. The molecule has 0 saturated heterocycles. The molecule has 1 aromatic carbocycles. The molecule has 1 aromatic rings. The van der Waals surface area contributed by atoms with Crippen LogP contribution >= 0.6 is 11.6 Å². The largest absolute Gasteiger partial charge is 0.126 e. The van der Waals surface area contributed by atoms with E-state index in [4.69, 9.17) is 11.6 Å². The van der Waals surface area contributed by atoms with Crippen molar-refractivity contribution in [2.75, 3.05) is 5.88 Å². The molecule has 0 amide bonds. The summed E-state index contributed by atoms with van der Waals surface area (Å²) in [7, 11) is 0. The van der Waals surface area contributed by atoms with Gasteiger partial charge in [-0.15, -0.1) is 11.6 Å². The fourth-order valence-electron chi connectivity index (χ4n) is 2.99. The summed E-state index contributed by atoms with van der Waals surface area (Å²) in [6.07, 6.45) is 6.51. The van der Waals surface area contributed by atoms with Gasteiger partial charge in [0.2, 0.25) is 0 Å². The normalized spacial score (nSPS) is 18.9. The molecule has 0 spiro atoms. The highest BCUT2D eigenvalue weighted by atomic mass is 35.5. The lowest BCUT2D eigenvalue weighted by Gasteiger charge is -2.28. The van der Waals surface area contributed by atoms with Crippen molar-refractivity contribution < 1.29 is 0 Å². The summed E-state index contributed by atoms with van der Waals surface area (Å²) in [5, 5.41) is 0. The van der Waals surface area contributed by atoms with E-state index in [1.54, 1.807) is 0 Å². The quantitative estimate of drug-likeness (QED) is 0.671. The van der Waals surface area contributed by atoms with Crippen LogP contribution in [0.3, 0.4) is 0 Å². The second-order valence-electron chi connectivity index (χ2n) is 5.39. The third-order valence-electron chi connectivity index (χ3n) is 4.14. The molecule has 0 atom stereocenters. The molecule has 0 radical (unpaired) electrons. The molecular weight excluding hydrogens is 216 g/mol. The molecule has 1 aliphatic rings. The van der Waals surface area contributed by atoms with Crippen LogP contribution < -0.4 is 0 Å². The number of hydrogen-bond donors (Lipinski definition) is 0. The molecule has 0 aromatic heterocycles. The highest BCUT2D eigenvalue weighted by molar-refractivity contribution is 6.18. The van der Waals surface area contributed by atoms with E-state index in [1.807, 2.05) is 0 Å². The molecule has 1 saturated carbocycles. The van der Waals surface area contributed by atoms with Gasteiger partial charge in [0.15, 0.2) is 0 Å². The van der Waals surface area contributed by atoms with Gasteiger partial charge >= 0.3 is 0 Å². The zero-order valence-electron chi connectivity index (χ0n) is 10.4. The van der Waals surface area contributed by atoms with Crippen LogP contribution in [-0.4, -0.2) is 5.88 Å². The van der Waals surface area contributed by atoms with Crippen molar-refractivity contribution in [3.05, 3.63) is 34.9 Å². The molecule has 1 aliphatic carbocycles. The summed E-state index contributed by atoms with van der Waals surface area (Å²) >= 11 is 6.22. The van der Waals surface area contributed by atoms with Gasteiger partial charge in [-0.1, -0.05) is 31.0 Å². The minimum Gasteiger partial charge on any atom is -0.126 e. The molecule has 0 N–H and O–H groups in total. The van der Waals surface area contributed by atoms with E-state index in [2.05, 4.69) is 32.0 Å². The lowest BCUT2D eigenvalue weighted by atomic mass is 9.79. The highest BCUT2D eigenvalue weighted by Crippen LogP contribution is 2.42. The topological polar surface area (TPSA) is 0 Å². The Bertz CT molecular complexity index is 341. The Kier molecular flexibility index (Phi) is 3.59. The zero-order chi connectivity index (χ0) is 11.6. The Balaban J connectivity index is 2.25. The number of halogens is 1. The molecule has 0 bridgehead atoms. The van der Waals surface area contributed by atoms with E-state index in [1.165, 1.54) is 48.8 Å². The van der Waals surface area contributed by atoms with Crippen molar-refractivity contribution in [2.24, 2.45) is 5.41 Å². The summed E-state index contributed by atoms with van der Waals surface area (Å²) in [4.78, 5) is 0. The number of alkyl halides is 1. The summed E-state index contributed by atoms with van der Waals surface area (Å²) in [5.74, 6) is 0.820. The Hall–Kier alpha value is -0.490. The van der Waals surface area contributed by atoms with Crippen LogP contribution in [0.25, 0.3) is 0 Å². The maximum absolute atomic E-state index is 6.22. The average Bonchev–Trinajstić information content (AvgIpc) is 2.73. The number of aryl methyl sites for hydroxylation is 2. The van der Waals surface area contributed by atoms with Crippen molar-refractivity contribution in [1.82, 2.24) is 0 Å². The van der Waals surface area contributed by atoms with Crippen LogP contribution in [0.2, 0.25) is 0 Å². The minimum absolute atomic E-state index is 0.387. The molecule has 0 nitrogen and oxygen atoms in total. The number of hydrogen-bond acceptors (Lipinski definition) is 0. The Labute approximate surface area is 104 Å². The average molecular weight is 237 g/mol. The van der Waals surface area contributed by atoms with Crippen molar-refractivity contribution in [3.8, 4) is 0 Å². The van der Waals surface area contributed by atoms with Gasteiger partial charge in [-0.05, 0) is 55.2 Å². The zero-order valence-corrected chi connectivity index (χ0v) is 11.1. The molecule has 88 valence electrons. The van der Waals surface area contributed by atoms with Gasteiger partial charge in [0.1, 0.15) is 0 Å². The van der Waals surface area contributed by atoms with Crippen LogP contribution in [-0.2, 0) is 6.42 Å². The van der Waals surface area contributed by atoms with Crippen LogP contribution in [0.1, 0.15) is 42.4 Å². The van der Waals surface area contributed by atoms with Gasteiger partial charge in [-0.2, -0.15) is 0 Å². The van der Waals surface area contributed by atoms with Gasteiger partial charge in [0.05, 0.1) is 0 Å². The van der Waals surface area contributed by atoms with Crippen molar-refractivity contribution in [2.45, 2.75) is 46.0 Å². The third kappa shape index (κ3) is 2.27. The smallest absolute Gasteiger partial charge is 0.0283 e. The molecule has 2 rings (SSSR count). The molecule has 1 fully saturated rings. The van der Waals surface area contributed by atoms with E-state index >= 15 is 0 Å². The van der Waals surface area contributed by atoms with Crippen molar-refractivity contribution >= 4 is 11.6 Å². The summed E-state index contributed by atoms with van der Waals surface area (Å²) in [6.45, 7) is 4.44. The maximum Gasteiger partial charge on any atom is 0.0283 e. The second-order valence-corrected chi connectivity index (χ2v) is 5.66. The first kappa shape index (κ1) is 12.0. The number of rotatable bonds is 3. The highest BCUT2D eigenvalue weighted by Gasteiger charge is 2.33. The standard InChI is InChI=1S/C15H21Cl/c1-12-6-5-7-13(2)14(12)10-15(11-16)8-3-4-9-15/h5-7H,3-4,8-11H2,1-2H3. The van der Waals surface area contributed by atoms with E-state index < -0.39 is 0 Å². The monoisotopic (exact) mass is 236 g/mol. The second kappa shape index (κ2) is 4.79. The van der Waals surface area contributed by atoms with Gasteiger partial charge in [0.25, 0.3) is 0 Å². The van der Waals surface area contributed by atoms with E-state index in [0.717, 1.165) is 5.88 Å². The molecular formula is C15H21Cl. The van der Waals surface area contributed by atoms with Crippen LogP contribution in [0, 0.1) is 19.3 Å². The third-order valence-corrected chi connectivity index (χ3v) is 4.71. The lowest BCUT2D eigenvalue weighted by molar-refractivity contribution is 0.339. The summed E-state index contributed by atoms with van der Waals surface area (Å²) in [5.41, 5.74) is 4.77. The van der Waals surface area contributed by atoms with Crippen LogP contribution in [0.4, 0.5) is 0 Å². The SMILES string of the molecule is Cc1cccc(C)c1CC1(CCl)CCCC1. The van der Waals surface area contributed by atoms with Crippen LogP contribution in [0.5, 0.6) is 0 Å².